The van der Waals surface area contributed by atoms with Crippen LogP contribution >= 0.6 is 0 Å². The molecule has 0 saturated carbocycles. The van der Waals surface area contributed by atoms with E-state index in [2.05, 4.69) is 79.8 Å². The van der Waals surface area contributed by atoms with Crippen molar-refractivity contribution in [2.75, 3.05) is 0 Å². The second kappa shape index (κ2) is 5.34. The van der Waals surface area contributed by atoms with Gasteiger partial charge in [-0.3, -0.25) is 0 Å². The van der Waals surface area contributed by atoms with Crippen molar-refractivity contribution < 1.29 is 0 Å². The molecule has 0 amide bonds. The largest absolute Gasteiger partial charge is 0.382 e. The van der Waals surface area contributed by atoms with E-state index < -0.39 is 0 Å². The molecule has 0 aromatic carbocycles. The van der Waals surface area contributed by atoms with E-state index in [4.69, 9.17) is 0 Å². The van der Waals surface area contributed by atoms with Crippen LogP contribution in [0.4, 0.5) is 0 Å². The summed E-state index contributed by atoms with van der Waals surface area (Å²) in [5, 5.41) is 3.70. The van der Waals surface area contributed by atoms with Crippen LogP contribution in [0, 0.1) is 22.7 Å². The van der Waals surface area contributed by atoms with E-state index in [9.17, 15) is 0 Å². The van der Waals surface area contributed by atoms with Gasteiger partial charge in [-0.1, -0.05) is 60.6 Å². The first kappa shape index (κ1) is 16.3. The lowest BCUT2D eigenvalue weighted by Crippen LogP contribution is -2.39. The number of hydrogen-bond acceptors (Lipinski definition) is 1. The van der Waals surface area contributed by atoms with Crippen molar-refractivity contribution in [3.05, 3.63) is 23.4 Å². The third-order valence-corrected chi connectivity index (χ3v) is 4.52. The Balaban J connectivity index is 2.88. The molecule has 0 fully saturated rings. The van der Waals surface area contributed by atoms with Crippen molar-refractivity contribution in [2.45, 2.75) is 68.4 Å². The molecule has 0 aromatic rings. The second-order valence-corrected chi connectivity index (χ2v) is 8.41. The van der Waals surface area contributed by atoms with Crippen LogP contribution in [0.25, 0.3) is 0 Å². The fraction of sp³-hybridized carbons (Fsp3) is 0.778. The van der Waals surface area contributed by atoms with E-state index in [1.54, 1.807) is 0 Å². The van der Waals surface area contributed by atoms with Crippen molar-refractivity contribution in [2.24, 2.45) is 22.7 Å². The minimum absolute atomic E-state index is 0.283. The molecule has 1 N–H and O–H groups in total. The fourth-order valence-electron chi connectivity index (χ4n) is 2.66. The SMILES string of the molecule is CC1=CC(C(C)(C)C)C(C)C=C1NC(C)C(C)(C)C. The van der Waals surface area contributed by atoms with Crippen molar-refractivity contribution >= 4 is 0 Å². The number of allylic oxidation sites excluding steroid dienone is 3. The standard InChI is InChI=1S/C18H33N/c1-12-11-16(19-14(3)17(4,5)6)13(2)10-15(12)18(7,8)9/h10-12,14-15,19H,1-9H3. The summed E-state index contributed by atoms with van der Waals surface area (Å²) < 4.78 is 0. The van der Waals surface area contributed by atoms with Gasteiger partial charge in [0.25, 0.3) is 0 Å². The maximum absolute atomic E-state index is 3.70. The van der Waals surface area contributed by atoms with Crippen molar-refractivity contribution in [3.8, 4) is 0 Å². The Morgan fingerprint density at radius 1 is 1.05 bits per heavy atom. The number of nitrogens with one attached hydrogen (secondary N) is 1. The third kappa shape index (κ3) is 4.12. The highest BCUT2D eigenvalue weighted by molar-refractivity contribution is 5.34. The maximum Gasteiger partial charge on any atom is 0.0331 e. The van der Waals surface area contributed by atoms with Gasteiger partial charge in [0.05, 0.1) is 0 Å². The van der Waals surface area contributed by atoms with Crippen LogP contribution in [0.3, 0.4) is 0 Å². The van der Waals surface area contributed by atoms with Gasteiger partial charge in [-0.15, -0.1) is 0 Å². The van der Waals surface area contributed by atoms with Gasteiger partial charge in [0, 0.05) is 11.7 Å². The van der Waals surface area contributed by atoms with Crippen LogP contribution < -0.4 is 5.32 Å². The molecule has 1 aliphatic rings. The minimum atomic E-state index is 0.283. The molecule has 1 nitrogen and oxygen atoms in total. The number of rotatable bonds is 2. The van der Waals surface area contributed by atoms with Gasteiger partial charge in [-0.25, -0.2) is 0 Å². The summed E-state index contributed by atoms with van der Waals surface area (Å²) in [5.41, 5.74) is 3.34. The van der Waals surface area contributed by atoms with Gasteiger partial charge in [0.15, 0.2) is 0 Å². The molecule has 110 valence electrons. The molecular formula is C18H33N. The lowest BCUT2D eigenvalue weighted by atomic mass is 9.70. The van der Waals surface area contributed by atoms with Crippen LogP contribution in [0.1, 0.15) is 62.3 Å². The van der Waals surface area contributed by atoms with Crippen molar-refractivity contribution in [1.82, 2.24) is 5.32 Å². The van der Waals surface area contributed by atoms with Gasteiger partial charge in [-0.05, 0) is 42.1 Å². The first-order valence-corrected chi connectivity index (χ1v) is 7.60. The van der Waals surface area contributed by atoms with Crippen LogP contribution in [0.5, 0.6) is 0 Å². The first-order valence-electron chi connectivity index (χ1n) is 7.60. The molecular weight excluding hydrogens is 230 g/mol. The van der Waals surface area contributed by atoms with Crippen LogP contribution in [-0.4, -0.2) is 6.04 Å². The summed E-state index contributed by atoms with van der Waals surface area (Å²) in [4.78, 5) is 0. The summed E-state index contributed by atoms with van der Waals surface area (Å²) in [5.74, 6) is 1.22. The molecule has 1 aliphatic carbocycles. The predicted octanol–water partition coefficient (Wildman–Crippen LogP) is 5.15. The molecule has 1 heteroatoms. The quantitative estimate of drug-likeness (QED) is 0.726. The zero-order valence-corrected chi connectivity index (χ0v) is 14.4. The summed E-state index contributed by atoms with van der Waals surface area (Å²) in [7, 11) is 0. The molecule has 0 bridgehead atoms. The summed E-state index contributed by atoms with van der Waals surface area (Å²) in [6.07, 6.45) is 4.88. The van der Waals surface area contributed by atoms with Gasteiger partial charge < -0.3 is 5.32 Å². The van der Waals surface area contributed by atoms with Gasteiger partial charge in [0.1, 0.15) is 0 Å². The highest BCUT2D eigenvalue weighted by Crippen LogP contribution is 2.39. The highest BCUT2D eigenvalue weighted by atomic mass is 14.9. The molecule has 0 aliphatic heterocycles. The van der Waals surface area contributed by atoms with Gasteiger partial charge >= 0.3 is 0 Å². The van der Waals surface area contributed by atoms with E-state index in [0.717, 1.165) is 0 Å². The zero-order chi connectivity index (χ0) is 15.0. The predicted molar refractivity (Wildman–Crippen MR) is 86.0 cm³/mol. The number of hydrogen-bond donors (Lipinski definition) is 1. The van der Waals surface area contributed by atoms with E-state index >= 15 is 0 Å². The van der Waals surface area contributed by atoms with Crippen molar-refractivity contribution in [1.29, 1.82) is 0 Å². The van der Waals surface area contributed by atoms with E-state index in [-0.39, 0.29) is 5.41 Å². The Bertz CT molecular complexity index is 373. The molecule has 0 radical (unpaired) electrons. The Hall–Kier alpha value is -0.720. The van der Waals surface area contributed by atoms with E-state index in [1.165, 1.54) is 11.3 Å². The zero-order valence-electron chi connectivity index (χ0n) is 14.4. The summed E-state index contributed by atoms with van der Waals surface area (Å²) >= 11 is 0. The summed E-state index contributed by atoms with van der Waals surface area (Å²) in [6.45, 7) is 20.7. The average molecular weight is 263 g/mol. The highest BCUT2D eigenvalue weighted by Gasteiger charge is 2.31. The second-order valence-electron chi connectivity index (χ2n) is 8.41. The smallest absolute Gasteiger partial charge is 0.0331 e. The Morgan fingerprint density at radius 3 is 2.00 bits per heavy atom. The van der Waals surface area contributed by atoms with Crippen LogP contribution in [0.2, 0.25) is 0 Å². The topological polar surface area (TPSA) is 12.0 Å². The van der Waals surface area contributed by atoms with Crippen LogP contribution in [-0.2, 0) is 0 Å². The third-order valence-electron chi connectivity index (χ3n) is 4.52. The van der Waals surface area contributed by atoms with Crippen LogP contribution in [0.15, 0.2) is 23.4 Å². The molecule has 0 aromatic heterocycles. The lowest BCUT2D eigenvalue weighted by Gasteiger charge is -2.38. The Labute approximate surface area is 120 Å². The lowest BCUT2D eigenvalue weighted by molar-refractivity contribution is 0.239. The molecule has 19 heavy (non-hydrogen) atoms. The summed E-state index contributed by atoms with van der Waals surface area (Å²) in [6, 6.07) is 0.473. The maximum atomic E-state index is 3.70. The normalized spacial score (nSPS) is 26.6. The fourth-order valence-corrected chi connectivity index (χ4v) is 2.66. The molecule has 0 spiro atoms. The van der Waals surface area contributed by atoms with E-state index in [0.29, 0.717) is 23.3 Å². The first-order chi connectivity index (χ1) is 8.43. The molecule has 0 heterocycles. The van der Waals surface area contributed by atoms with Gasteiger partial charge in [-0.2, -0.15) is 0 Å². The monoisotopic (exact) mass is 263 g/mol. The average Bonchev–Trinajstić information content (AvgIpc) is 2.19. The van der Waals surface area contributed by atoms with Gasteiger partial charge in [0.2, 0.25) is 0 Å². The molecule has 0 saturated heterocycles. The van der Waals surface area contributed by atoms with E-state index in [1.807, 2.05) is 0 Å². The Morgan fingerprint density at radius 2 is 1.58 bits per heavy atom. The molecule has 3 atom stereocenters. The minimum Gasteiger partial charge on any atom is -0.382 e. The molecule has 1 rings (SSSR count). The van der Waals surface area contributed by atoms with Crippen molar-refractivity contribution in [3.63, 3.8) is 0 Å². The molecule has 3 unspecified atom stereocenters. The Kier molecular flexibility index (Phi) is 4.59.